The van der Waals surface area contributed by atoms with E-state index in [4.69, 9.17) is 8.94 Å². The topological polar surface area (TPSA) is 79.9 Å². The molecule has 0 saturated carbocycles. The Labute approximate surface area is 140 Å². The molecule has 1 aromatic rings. The van der Waals surface area contributed by atoms with Gasteiger partial charge < -0.3 is 18.7 Å². The van der Waals surface area contributed by atoms with Crippen LogP contribution in [0.1, 0.15) is 32.4 Å². The van der Waals surface area contributed by atoms with E-state index in [9.17, 15) is 14.4 Å². The minimum Gasteiger partial charge on any atom is -0.474 e. The van der Waals surface area contributed by atoms with Crippen molar-refractivity contribution >= 4 is 21.3 Å². The number of phosphoric acid groups is 1. The number of hydrogen-bond donors (Lipinski definition) is 2. The molecule has 0 aliphatic rings. The Hall–Kier alpha value is -0.433. The summed E-state index contributed by atoms with van der Waals surface area (Å²) in [7, 11) is -0.348. The van der Waals surface area contributed by atoms with Crippen LogP contribution in [-0.4, -0.2) is 50.0 Å². The molecule has 0 aromatic carbocycles. The number of furan rings is 1. The van der Waals surface area contributed by atoms with Gasteiger partial charge in [0.2, 0.25) is 0 Å². The number of hydrogen-bond acceptors (Lipinski definition) is 3. The Balaban J connectivity index is 3.16. The maximum atomic E-state index is 11.3. The van der Waals surface area contributed by atoms with Gasteiger partial charge in [0.05, 0.1) is 32.8 Å². The summed E-state index contributed by atoms with van der Waals surface area (Å²) in [5, 5.41) is 1.00. The van der Waals surface area contributed by atoms with E-state index in [2.05, 4.69) is 20.8 Å². The van der Waals surface area contributed by atoms with E-state index >= 15 is 0 Å². The highest BCUT2D eigenvalue weighted by Gasteiger charge is 2.35. The van der Waals surface area contributed by atoms with Gasteiger partial charge in [-0.3, -0.25) is 4.52 Å². The molecule has 134 valence electrons. The number of rotatable bonds is 9. The average Bonchev–Trinajstić information content (AvgIpc) is 2.88. The highest BCUT2D eigenvalue weighted by Crippen LogP contribution is 2.43. The van der Waals surface area contributed by atoms with Gasteiger partial charge in [0.15, 0.2) is 0 Å². The van der Waals surface area contributed by atoms with E-state index in [0.29, 0.717) is 16.6 Å². The van der Waals surface area contributed by atoms with Crippen molar-refractivity contribution in [2.75, 3.05) is 27.7 Å². The largest absolute Gasteiger partial charge is 0.474 e. The van der Waals surface area contributed by atoms with Crippen LogP contribution in [0.4, 0.5) is 0 Å². The molecule has 1 rings (SSSR count). The van der Waals surface area contributed by atoms with Gasteiger partial charge in [0, 0.05) is 5.56 Å². The van der Waals surface area contributed by atoms with Crippen molar-refractivity contribution in [3.05, 3.63) is 17.9 Å². The van der Waals surface area contributed by atoms with Crippen molar-refractivity contribution in [2.45, 2.75) is 45.0 Å². The van der Waals surface area contributed by atoms with E-state index < -0.39 is 22.0 Å². The molecule has 1 aromatic heterocycles. The van der Waals surface area contributed by atoms with E-state index in [1.54, 1.807) is 6.26 Å². The molecule has 0 amide bonds. The van der Waals surface area contributed by atoms with Crippen LogP contribution in [0, 0.1) is 0 Å². The fourth-order valence-electron chi connectivity index (χ4n) is 2.93. The minimum absolute atomic E-state index is 0.447. The summed E-state index contributed by atoms with van der Waals surface area (Å²) >= 11 is 0. The van der Waals surface area contributed by atoms with Crippen LogP contribution in [0.3, 0.4) is 0 Å². The Bertz CT molecular complexity index is 536. The lowest BCUT2D eigenvalue weighted by molar-refractivity contribution is -0.874. The molecule has 6 nitrogen and oxygen atoms in total. The molecular formula is C15H31NO5PSi+. The number of phosphoric ester groups is 1. The molecule has 1 atom stereocenters. The standard InChI is InChI=1S/C15H30NO5PSi/c1-7-23(8-2,9-3)15-10-13(12-20-15)14(11-16(4,5)6)21-22(17,18)19/h10,12,14H,7-9,11H2,1-6H3,(H-,17,18,19)/p+1. The van der Waals surface area contributed by atoms with E-state index in [-0.39, 0.29) is 0 Å². The van der Waals surface area contributed by atoms with Crippen LogP contribution in [0.15, 0.2) is 16.7 Å². The second-order valence-corrected chi connectivity index (χ2v) is 13.5. The maximum Gasteiger partial charge on any atom is 0.470 e. The van der Waals surface area contributed by atoms with Gasteiger partial charge in [0.1, 0.15) is 20.7 Å². The molecule has 1 unspecified atom stereocenters. The first-order valence-electron chi connectivity index (χ1n) is 8.09. The van der Waals surface area contributed by atoms with Gasteiger partial charge in [-0.1, -0.05) is 38.9 Å². The molecule has 0 aliphatic carbocycles. The average molecular weight is 364 g/mol. The van der Waals surface area contributed by atoms with Crippen molar-refractivity contribution in [1.29, 1.82) is 0 Å². The molecule has 0 bridgehead atoms. The lowest BCUT2D eigenvalue weighted by atomic mass is 10.2. The predicted octanol–water partition coefficient (Wildman–Crippen LogP) is 2.85. The smallest absolute Gasteiger partial charge is 0.470 e. The summed E-state index contributed by atoms with van der Waals surface area (Å²) in [5.41, 5.74) is 0.712. The summed E-state index contributed by atoms with van der Waals surface area (Å²) in [6, 6.07) is 5.23. The number of quaternary nitrogens is 1. The second-order valence-electron chi connectivity index (χ2n) is 7.14. The van der Waals surface area contributed by atoms with Crippen LogP contribution < -0.4 is 5.38 Å². The number of likely N-dealkylation sites (N-methyl/N-ethyl adjacent to an activating group) is 1. The van der Waals surface area contributed by atoms with Crippen molar-refractivity contribution in [3.63, 3.8) is 0 Å². The van der Waals surface area contributed by atoms with Gasteiger partial charge >= 0.3 is 7.82 Å². The Kier molecular flexibility index (Phi) is 6.84. The zero-order valence-electron chi connectivity index (χ0n) is 15.1. The van der Waals surface area contributed by atoms with Crippen molar-refractivity contribution in [1.82, 2.24) is 0 Å². The zero-order chi connectivity index (χ0) is 17.9. The van der Waals surface area contributed by atoms with Crippen LogP contribution >= 0.6 is 7.82 Å². The third kappa shape index (κ3) is 5.85. The third-order valence-electron chi connectivity index (χ3n) is 4.52. The van der Waals surface area contributed by atoms with Crippen LogP contribution in [0.5, 0.6) is 0 Å². The molecule has 0 aliphatic heterocycles. The predicted molar refractivity (Wildman–Crippen MR) is 94.3 cm³/mol. The van der Waals surface area contributed by atoms with Crippen molar-refractivity contribution in [3.8, 4) is 0 Å². The zero-order valence-corrected chi connectivity index (χ0v) is 17.0. The number of nitrogens with zero attached hydrogens (tertiary/aromatic N) is 1. The Morgan fingerprint density at radius 3 is 2.13 bits per heavy atom. The second kappa shape index (κ2) is 7.63. The summed E-state index contributed by atoms with van der Waals surface area (Å²) in [5.74, 6) is 0. The maximum absolute atomic E-state index is 11.3. The molecule has 23 heavy (non-hydrogen) atoms. The SMILES string of the molecule is CC[Si](CC)(CC)c1cc(C(C[N+](C)(C)C)OP(=O)(O)O)co1. The third-order valence-corrected chi connectivity index (χ3v) is 10.4. The van der Waals surface area contributed by atoms with Gasteiger partial charge in [0.25, 0.3) is 0 Å². The fourth-order valence-corrected chi connectivity index (χ4v) is 6.78. The van der Waals surface area contributed by atoms with Crippen molar-refractivity contribution in [2.24, 2.45) is 0 Å². The summed E-state index contributed by atoms with van der Waals surface area (Å²) in [6.07, 6.45) is 0.916. The molecule has 0 spiro atoms. The lowest BCUT2D eigenvalue weighted by Crippen LogP contribution is -2.45. The fraction of sp³-hybridized carbons (Fsp3) is 0.733. The summed E-state index contributed by atoms with van der Waals surface area (Å²) < 4.78 is 22.7. The molecule has 0 radical (unpaired) electrons. The highest BCUT2D eigenvalue weighted by molar-refractivity contribution is 7.46. The summed E-state index contributed by atoms with van der Waals surface area (Å²) in [4.78, 5) is 18.4. The Morgan fingerprint density at radius 1 is 1.22 bits per heavy atom. The van der Waals surface area contributed by atoms with Crippen molar-refractivity contribution < 1.29 is 27.8 Å². The first-order valence-corrected chi connectivity index (χ1v) is 12.2. The lowest BCUT2D eigenvalue weighted by Gasteiger charge is -2.28. The molecule has 2 N–H and O–H groups in total. The van der Waals surface area contributed by atoms with E-state index in [0.717, 1.165) is 23.5 Å². The highest BCUT2D eigenvalue weighted by atomic mass is 31.2. The Morgan fingerprint density at radius 2 is 1.74 bits per heavy atom. The van der Waals surface area contributed by atoms with Gasteiger partial charge in [-0.2, -0.15) is 0 Å². The van der Waals surface area contributed by atoms with Gasteiger partial charge in [-0.15, -0.1) is 0 Å². The minimum atomic E-state index is -4.57. The molecule has 1 heterocycles. The van der Waals surface area contributed by atoms with Crippen LogP contribution in [0.25, 0.3) is 0 Å². The molecular weight excluding hydrogens is 333 g/mol. The van der Waals surface area contributed by atoms with Gasteiger partial charge in [-0.05, 0) is 6.07 Å². The quantitative estimate of drug-likeness (QED) is 0.400. The summed E-state index contributed by atoms with van der Waals surface area (Å²) in [6.45, 7) is 7.02. The van der Waals surface area contributed by atoms with E-state index in [1.165, 1.54) is 0 Å². The monoisotopic (exact) mass is 364 g/mol. The van der Waals surface area contributed by atoms with Crippen LogP contribution in [0.2, 0.25) is 18.1 Å². The van der Waals surface area contributed by atoms with Gasteiger partial charge in [-0.25, -0.2) is 4.57 Å². The first kappa shape index (κ1) is 20.6. The normalized spacial score (nSPS) is 15.0. The van der Waals surface area contributed by atoms with E-state index in [1.807, 2.05) is 27.2 Å². The first-order chi connectivity index (χ1) is 10.5. The molecule has 0 saturated heterocycles. The molecule has 8 heteroatoms. The van der Waals surface area contributed by atoms with Crippen LogP contribution in [-0.2, 0) is 9.09 Å². The molecule has 0 fully saturated rings.